The summed E-state index contributed by atoms with van der Waals surface area (Å²) in [4.78, 5) is 0.372. The van der Waals surface area contributed by atoms with E-state index >= 15 is 0 Å². The van der Waals surface area contributed by atoms with Crippen molar-refractivity contribution in [3.63, 3.8) is 0 Å². The number of rotatable bonds is 4. The number of nitrogens with zero attached hydrogens (tertiary/aromatic N) is 2. The first-order chi connectivity index (χ1) is 10.1. The van der Waals surface area contributed by atoms with Gasteiger partial charge in [0.15, 0.2) is 0 Å². The molecule has 0 radical (unpaired) electrons. The first kappa shape index (κ1) is 16.7. The van der Waals surface area contributed by atoms with Crippen LogP contribution in [-0.2, 0) is 23.6 Å². The van der Waals surface area contributed by atoms with Crippen LogP contribution in [0.15, 0.2) is 17.0 Å². The summed E-state index contributed by atoms with van der Waals surface area (Å²) in [5.74, 6) is 0. The van der Waals surface area contributed by atoms with Gasteiger partial charge in [-0.05, 0) is 45.7 Å². The molecule has 6 heteroatoms. The van der Waals surface area contributed by atoms with Crippen LogP contribution in [0, 0.1) is 34.6 Å². The van der Waals surface area contributed by atoms with Crippen LogP contribution in [0.3, 0.4) is 0 Å². The van der Waals surface area contributed by atoms with E-state index in [1.807, 2.05) is 53.8 Å². The molecule has 0 unspecified atom stereocenters. The van der Waals surface area contributed by atoms with Gasteiger partial charge in [-0.15, -0.1) is 0 Å². The molecule has 0 amide bonds. The number of hydrogen-bond donors (Lipinski definition) is 1. The first-order valence-electron chi connectivity index (χ1n) is 7.20. The highest BCUT2D eigenvalue weighted by Gasteiger charge is 2.21. The van der Waals surface area contributed by atoms with Gasteiger partial charge in [0.1, 0.15) is 0 Å². The van der Waals surface area contributed by atoms with E-state index in [-0.39, 0.29) is 6.54 Å². The van der Waals surface area contributed by atoms with Crippen molar-refractivity contribution in [2.45, 2.75) is 46.1 Å². The quantitative estimate of drug-likeness (QED) is 0.941. The maximum atomic E-state index is 12.6. The molecule has 1 aromatic heterocycles. The van der Waals surface area contributed by atoms with Crippen LogP contribution in [0.25, 0.3) is 0 Å². The molecule has 0 atom stereocenters. The second-order valence-corrected chi connectivity index (χ2v) is 7.53. The largest absolute Gasteiger partial charge is 0.272 e. The van der Waals surface area contributed by atoms with Crippen LogP contribution in [0.1, 0.15) is 33.6 Å². The van der Waals surface area contributed by atoms with Gasteiger partial charge in [0.05, 0.1) is 10.6 Å². The molecular formula is C16H23N3O2S. The molecule has 0 aliphatic heterocycles. The minimum Gasteiger partial charge on any atom is -0.272 e. The Labute approximate surface area is 132 Å². The summed E-state index contributed by atoms with van der Waals surface area (Å²) in [6.45, 7) is 9.70. The minimum absolute atomic E-state index is 0.251. The molecule has 120 valence electrons. The highest BCUT2D eigenvalue weighted by molar-refractivity contribution is 7.89. The van der Waals surface area contributed by atoms with Gasteiger partial charge in [0, 0.05) is 24.8 Å². The van der Waals surface area contributed by atoms with Crippen molar-refractivity contribution < 1.29 is 8.42 Å². The van der Waals surface area contributed by atoms with Gasteiger partial charge < -0.3 is 0 Å². The molecule has 2 rings (SSSR count). The lowest BCUT2D eigenvalue weighted by Gasteiger charge is -2.13. The second-order valence-electron chi connectivity index (χ2n) is 5.83. The summed E-state index contributed by atoms with van der Waals surface area (Å²) in [6, 6.07) is 3.78. The Bertz CT molecular complexity index is 797. The molecule has 0 bridgehead atoms. The monoisotopic (exact) mass is 321 g/mol. The summed E-state index contributed by atoms with van der Waals surface area (Å²) in [6.07, 6.45) is 0. The van der Waals surface area contributed by atoms with E-state index in [1.165, 1.54) is 0 Å². The molecule has 1 heterocycles. The zero-order chi connectivity index (χ0) is 16.7. The zero-order valence-electron chi connectivity index (χ0n) is 14.0. The van der Waals surface area contributed by atoms with Crippen LogP contribution in [0.2, 0.25) is 0 Å². The van der Waals surface area contributed by atoms with E-state index in [0.717, 1.165) is 33.6 Å². The Morgan fingerprint density at radius 1 is 1.09 bits per heavy atom. The van der Waals surface area contributed by atoms with Crippen molar-refractivity contribution in [1.29, 1.82) is 0 Å². The van der Waals surface area contributed by atoms with Crippen LogP contribution in [-0.4, -0.2) is 18.2 Å². The fourth-order valence-electron chi connectivity index (χ4n) is 2.90. The summed E-state index contributed by atoms with van der Waals surface area (Å²) < 4.78 is 29.8. The Hall–Kier alpha value is -1.66. The van der Waals surface area contributed by atoms with Crippen LogP contribution >= 0.6 is 0 Å². The van der Waals surface area contributed by atoms with E-state index in [2.05, 4.69) is 9.82 Å². The fourth-order valence-corrected chi connectivity index (χ4v) is 4.35. The SMILES string of the molecule is Cc1cc(C)c(S(=O)(=O)NCc2c(C)nn(C)c2C)c(C)c1. The minimum atomic E-state index is -3.55. The molecule has 0 saturated carbocycles. The number of sulfonamides is 1. The topological polar surface area (TPSA) is 64.0 Å². The van der Waals surface area contributed by atoms with E-state index in [4.69, 9.17) is 0 Å². The van der Waals surface area contributed by atoms with Crippen molar-refractivity contribution in [3.8, 4) is 0 Å². The summed E-state index contributed by atoms with van der Waals surface area (Å²) >= 11 is 0. The van der Waals surface area contributed by atoms with E-state index in [1.54, 1.807) is 4.68 Å². The summed E-state index contributed by atoms with van der Waals surface area (Å²) in [7, 11) is -1.69. The van der Waals surface area contributed by atoms with E-state index < -0.39 is 10.0 Å². The van der Waals surface area contributed by atoms with Crippen molar-refractivity contribution in [2.24, 2.45) is 7.05 Å². The van der Waals surface area contributed by atoms with Crippen LogP contribution < -0.4 is 4.72 Å². The number of aromatic nitrogens is 2. The fraction of sp³-hybridized carbons (Fsp3) is 0.438. The number of hydrogen-bond acceptors (Lipinski definition) is 3. The van der Waals surface area contributed by atoms with Crippen molar-refractivity contribution in [1.82, 2.24) is 14.5 Å². The molecule has 0 fully saturated rings. The summed E-state index contributed by atoms with van der Waals surface area (Å²) in [5, 5.41) is 4.31. The van der Waals surface area contributed by atoms with E-state index in [9.17, 15) is 8.42 Å². The third kappa shape index (κ3) is 3.08. The number of benzene rings is 1. The highest BCUT2D eigenvalue weighted by atomic mass is 32.2. The smallest absolute Gasteiger partial charge is 0.241 e. The number of nitrogens with one attached hydrogen (secondary N) is 1. The molecule has 5 nitrogen and oxygen atoms in total. The molecule has 0 spiro atoms. The predicted octanol–water partition coefficient (Wildman–Crippen LogP) is 2.44. The molecule has 0 aliphatic carbocycles. The van der Waals surface area contributed by atoms with Gasteiger partial charge in [-0.2, -0.15) is 5.10 Å². The lowest BCUT2D eigenvalue weighted by molar-refractivity contribution is 0.579. The second kappa shape index (κ2) is 5.85. The average Bonchev–Trinajstić information content (AvgIpc) is 2.59. The maximum Gasteiger partial charge on any atom is 0.241 e. The van der Waals surface area contributed by atoms with Gasteiger partial charge >= 0.3 is 0 Å². The lowest BCUT2D eigenvalue weighted by Crippen LogP contribution is -2.25. The van der Waals surface area contributed by atoms with Gasteiger partial charge in [0.25, 0.3) is 0 Å². The third-order valence-electron chi connectivity index (χ3n) is 3.97. The zero-order valence-corrected chi connectivity index (χ0v) is 14.8. The Morgan fingerprint density at radius 2 is 1.64 bits per heavy atom. The van der Waals surface area contributed by atoms with Crippen molar-refractivity contribution in [2.75, 3.05) is 0 Å². The van der Waals surface area contributed by atoms with Gasteiger partial charge in [0.2, 0.25) is 10.0 Å². The molecule has 1 N–H and O–H groups in total. The molecule has 2 aromatic rings. The summed E-state index contributed by atoms with van der Waals surface area (Å²) in [5.41, 5.74) is 5.34. The molecule has 0 saturated heterocycles. The van der Waals surface area contributed by atoms with Gasteiger partial charge in [-0.3, -0.25) is 4.68 Å². The average molecular weight is 321 g/mol. The number of aryl methyl sites for hydroxylation is 5. The van der Waals surface area contributed by atoms with Crippen molar-refractivity contribution in [3.05, 3.63) is 45.8 Å². The lowest BCUT2D eigenvalue weighted by atomic mass is 10.1. The van der Waals surface area contributed by atoms with Crippen LogP contribution in [0.5, 0.6) is 0 Å². The van der Waals surface area contributed by atoms with Gasteiger partial charge in [-0.1, -0.05) is 17.7 Å². The van der Waals surface area contributed by atoms with E-state index in [0.29, 0.717) is 4.90 Å². The van der Waals surface area contributed by atoms with Gasteiger partial charge in [-0.25, -0.2) is 13.1 Å². The highest BCUT2D eigenvalue weighted by Crippen LogP contribution is 2.22. The maximum absolute atomic E-state index is 12.6. The Morgan fingerprint density at radius 3 is 2.09 bits per heavy atom. The standard InChI is InChI=1S/C16H23N3O2S/c1-10-7-11(2)16(12(3)8-10)22(20,21)17-9-15-13(4)18-19(6)14(15)5/h7-8,17H,9H2,1-6H3. The van der Waals surface area contributed by atoms with Crippen LogP contribution in [0.4, 0.5) is 0 Å². The molecule has 22 heavy (non-hydrogen) atoms. The molecule has 0 aliphatic rings. The molecule has 1 aromatic carbocycles. The first-order valence-corrected chi connectivity index (χ1v) is 8.68. The molecular weight excluding hydrogens is 298 g/mol. The normalized spacial score (nSPS) is 11.9. The Kier molecular flexibility index (Phi) is 4.44. The predicted molar refractivity (Wildman–Crippen MR) is 87.4 cm³/mol. The Balaban J connectivity index is 2.33. The third-order valence-corrected chi connectivity index (χ3v) is 5.68. The van der Waals surface area contributed by atoms with Crippen molar-refractivity contribution >= 4 is 10.0 Å².